The Morgan fingerprint density at radius 2 is 1.37 bits per heavy atom. The molecule has 224 valence electrons. The van der Waals surface area contributed by atoms with E-state index in [4.69, 9.17) is 27.9 Å². The van der Waals surface area contributed by atoms with Crippen molar-refractivity contribution in [2.24, 2.45) is 0 Å². The van der Waals surface area contributed by atoms with Crippen LogP contribution in [0.15, 0.2) is 103 Å². The van der Waals surface area contributed by atoms with Gasteiger partial charge in [-0.3, -0.25) is 13.9 Å². The van der Waals surface area contributed by atoms with Gasteiger partial charge in [-0.15, -0.1) is 0 Å². The largest absolute Gasteiger partial charge is 0.457 e. The van der Waals surface area contributed by atoms with Gasteiger partial charge < -0.3 is 15.0 Å². The molecule has 4 rings (SSSR count). The first-order valence-electron chi connectivity index (χ1n) is 13.4. The quantitative estimate of drug-likeness (QED) is 0.207. The number of nitrogens with one attached hydrogen (secondary N) is 1. The molecule has 0 spiro atoms. The van der Waals surface area contributed by atoms with Crippen molar-refractivity contribution < 1.29 is 22.7 Å². The lowest BCUT2D eigenvalue weighted by Gasteiger charge is -2.33. The van der Waals surface area contributed by atoms with Crippen LogP contribution in [0, 0.1) is 0 Å². The molecule has 4 aromatic rings. The molecule has 11 heteroatoms. The summed E-state index contributed by atoms with van der Waals surface area (Å²) in [5.74, 6) is 0.0782. The number of amides is 2. The van der Waals surface area contributed by atoms with Crippen molar-refractivity contribution in [2.75, 3.05) is 24.2 Å². The van der Waals surface area contributed by atoms with Crippen molar-refractivity contribution in [3.63, 3.8) is 0 Å². The maximum atomic E-state index is 14.1. The highest BCUT2D eigenvalue weighted by Gasteiger charge is 2.33. The topological polar surface area (TPSA) is 96.0 Å². The van der Waals surface area contributed by atoms with Crippen LogP contribution in [0.3, 0.4) is 0 Å². The summed E-state index contributed by atoms with van der Waals surface area (Å²) in [4.78, 5) is 28.7. The van der Waals surface area contributed by atoms with Crippen LogP contribution in [0.25, 0.3) is 0 Å². The number of carbonyl (C=O) groups excluding carboxylic acids is 2. The second-order valence-corrected chi connectivity index (χ2v) is 12.4. The number of para-hydroxylation sites is 1. The number of benzene rings is 4. The molecule has 0 saturated heterocycles. The molecule has 4 aromatic carbocycles. The molecule has 0 heterocycles. The van der Waals surface area contributed by atoms with Gasteiger partial charge in [0, 0.05) is 35.6 Å². The van der Waals surface area contributed by atoms with Gasteiger partial charge in [-0.05, 0) is 54.1 Å². The highest BCUT2D eigenvalue weighted by atomic mass is 35.5. The Balaban J connectivity index is 1.68. The zero-order chi connectivity index (χ0) is 31.0. The maximum absolute atomic E-state index is 14.1. The summed E-state index contributed by atoms with van der Waals surface area (Å²) >= 11 is 12.9. The van der Waals surface area contributed by atoms with E-state index < -0.39 is 34.4 Å². The van der Waals surface area contributed by atoms with E-state index in [1.165, 1.54) is 11.9 Å². The van der Waals surface area contributed by atoms with Crippen molar-refractivity contribution in [2.45, 2.75) is 19.0 Å². The molecule has 0 saturated carbocycles. The fraction of sp³-hybridized carbons (Fsp3) is 0.188. The summed E-state index contributed by atoms with van der Waals surface area (Å²) in [6.45, 7) is -0.689. The monoisotopic (exact) mass is 639 g/mol. The molecule has 0 unspecified atom stereocenters. The van der Waals surface area contributed by atoms with E-state index in [0.29, 0.717) is 27.1 Å². The average molecular weight is 641 g/mol. The van der Waals surface area contributed by atoms with Crippen LogP contribution in [0.5, 0.6) is 11.5 Å². The minimum Gasteiger partial charge on any atom is -0.457 e. The lowest BCUT2D eigenvalue weighted by atomic mass is 10.0. The van der Waals surface area contributed by atoms with E-state index >= 15 is 0 Å². The van der Waals surface area contributed by atoms with Crippen LogP contribution in [-0.4, -0.2) is 51.0 Å². The number of sulfonamides is 1. The normalized spacial score (nSPS) is 11.8. The first-order valence-corrected chi connectivity index (χ1v) is 16.0. The Kier molecular flexibility index (Phi) is 10.7. The zero-order valence-electron chi connectivity index (χ0n) is 23.6. The number of likely N-dealkylation sites (N-methyl/N-ethyl adjacent to an activating group) is 1. The number of carbonyl (C=O) groups is 2. The van der Waals surface area contributed by atoms with Crippen molar-refractivity contribution >= 4 is 50.7 Å². The Morgan fingerprint density at radius 1 is 0.814 bits per heavy atom. The zero-order valence-corrected chi connectivity index (χ0v) is 25.9. The van der Waals surface area contributed by atoms with Gasteiger partial charge in [-0.25, -0.2) is 8.42 Å². The lowest BCUT2D eigenvalue weighted by Crippen LogP contribution is -2.53. The lowest BCUT2D eigenvalue weighted by molar-refractivity contribution is -0.139. The number of nitrogens with zero attached hydrogens (tertiary/aromatic N) is 2. The second-order valence-electron chi connectivity index (χ2n) is 9.72. The van der Waals surface area contributed by atoms with Crippen LogP contribution >= 0.6 is 23.2 Å². The first kappa shape index (κ1) is 31.9. The van der Waals surface area contributed by atoms with Gasteiger partial charge in [0.05, 0.1) is 11.9 Å². The molecular formula is C32H31Cl2N3O5S. The Morgan fingerprint density at radius 3 is 1.93 bits per heavy atom. The summed E-state index contributed by atoms with van der Waals surface area (Å²) in [6.07, 6.45) is 1.20. The van der Waals surface area contributed by atoms with Gasteiger partial charge in [0.25, 0.3) is 0 Å². The summed E-state index contributed by atoms with van der Waals surface area (Å²) in [6, 6.07) is 28.7. The predicted molar refractivity (Wildman–Crippen MR) is 170 cm³/mol. The molecule has 0 aliphatic carbocycles. The summed E-state index contributed by atoms with van der Waals surface area (Å²) < 4.78 is 32.8. The minimum absolute atomic E-state index is 0.121. The van der Waals surface area contributed by atoms with Crippen LogP contribution < -0.4 is 14.4 Å². The van der Waals surface area contributed by atoms with E-state index in [0.717, 1.165) is 16.1 Å². The Labute approximate surface area is 261 Å². The number of ether oxygens (including phenoxy) is 1. The van der Waals surface area contributed by atoms with Gasteiger partial charge in [-0.1, -0.05) is 77.8 Å². The van der Waals surface area contributed by atoms with Crippen molar-refractivity contribution in [3.05, 3.63) is 124 Å². The molecule has 0 aromatic heterocycles. The molecule has 0 bridgehead atoms. The van der Waals surface area contributed by atoms with Gasteiger partial charge in [0.1, 0.15) is 24.1 Å². The smallest absolute Gasteiger partial charge is 0.244 e. The summed E-state index contributed by atoms with van der Waals surface area (Å²) in [7, 11) is -2.45. The second kappa shape index (κ2) is 14.4. The number of hydrogen-bond donors (Lipinski definition) is 1. The minimum atomic E-state index is -3.93. The van der Waals surface area contributed by atoms with E-state index in [1.54, 1.807) is 54.6 Å². The molecule has 1 N–H and O–H groups in total. The van der Waals surface area contributed by atoms with E-state index in [1.807, 2.05) is 48.5 Å². The number of anilines is 1. The van der Waals surface area contributed by atoms with Crippen molar-refractivity contribution in [3.8, 4) is 11.5 Å². The third-order valence-corrected chi connectivity index (χ3v) is 8.54. The van der Waals surface area contributed by atoms with Gasteiger partial charge in [0.2, 0.25) is 21.8 Å². The van der Waals surface area contributed by atoms with E-state index in [2.05, 4.69) is 5.32 Å². The first-order chi connectivity index (χ1) is 20.6. The van der Waals surface area contributed by atoms with Crippen LogP contribution in [0.1, 0.15) is 11.1 Å². The predicted octanol–water partition coefficient (Wildman–Crippen LogP) is 5.94. The summed E-state index contributed by atoms with van der Waals surface area (Å²) in [5, 5.41) is 3.26. The Bertz CT molecular complexity index is 1630. The van der Waals surface area contributed by atoms with E-state index in [9.17, 15) is 18.0 Å². The maximum Gasteiger partial charge on any atom is 0.244 e. The van der Waals surface area contributed by atoms with Gasteiger partial charge >= 0.3 is 0 Å². The highest BCUT2D eigenvalue weighted by molar-refractivity contribution is 7.92. The van der Waals surface area contributed by atoms with Gasteiger partial charge in [-0.2, -0.15) is 0 Å². The molecule has 8 nitrogen and oxygen atoms in total. The molecule has 0 aliphatic heterocycles. The molecule has 2 amide bonds. The third-order valence-electron chi connectivity index (χ3n) is 6.69. The summed E-state index contributed by atoms with van der Waals surface area (Å²) in [5.41, 5.74) is 1.51. The van der Waals surface area contributed by atoms with Crippen LogP contribution in [0.4, 0.5) is 5.69 Å². The fourth-order valence-corrected chi connectivity index (χ4v) is 5.86. The molecule has 0 aliphatic rings. The molecule has 0 radical (unpaired) electrons. The number of halogens is 2. The fourth-order valence-electron chi connectivity index (χ4n) is 4.49. The highest BCUT2D eigenvalue weighted by Crippen LogP contribution is 2.29. The van der Waals surface area contributed by atoms with Crippen molar-refractivity contribution in [1.29, 1.82) is 0 Å². The third kappa shape index (κ3) is 8.50. The Hall–Kier alpha value is -4.05. The average Bonchev–Trinajstić information content (AvgIpc) is 2.99. The standard InChI is InChI=1S/C32H31Cl2N3O5S/c1-35-32(39)30(20-23-10-5-3-6-11-23)36(21-27-28(33)14-9-15-29(27)34)31(38)22-37(43(2,40)41)24-16-18-26(19-17-24)42-25-12-7-4-8-13-25/h3-19,30H,20-22H2,1-2H3,(H,35,39)/t30-/m0/s1. The molecular weight excluding hydrogens is 609 g/mol. The van der Waals surface area contributed by atoms with Gasteiger partial charge in [0.15, 0.2) is 0 Å². The van der Waals surface area contributed by atoms with E-state index in [-0.39, 0.29) is 18.7 Å². The van der Waals surface area contributed by atoms with Crippen LogP contribution in [-0.2, 0) is 32.6 Å². The SMILES string of the molecule is CNC(=O)[C@H](Cc1ccccc1)N(Cc1c(Cl)cccc1Cl)C(=O)CN(c1ccc(Oc2ccccc2)cc1)S(C)(=O)=O. The molecule has 43 heavy (non-hydrogen) atoms. The van der Waals surface area contributed by atoms with Crippen LogP contribution in [0.2, 0.25) is 10.0 Å². The number of hydrogen-bond acceptors (Lipinski definition) is 5. The number of rotatable bonds is 12. The molecule has 1 atom stereocenters. The van der Waals surface area contributed by atoms with Crippen molar-refractivity contribution in [1.82, 2.24) is 10.2 Å². The molecule has 0 fully saturated rings.